The molecule has 0 bridgehead atoms. The summed E-state index contributed by atoms with van der Waals surface area (Å²) in [7, 11) is 0. The second-order valence-corrected chi connectivity index (χ2v) is 11.5. The summed E-state index contributed by atoms with van der Waals surface area (Å²) in [6.45, 7) is 0. The van der Waals surface area contributed by atoms with Gasteiger partial charge in [-0.05, 0) is 47.0 Å². The van der Waals surface area contributed by atoms with Gasteiger partial charge in [0.1, 0.15) is 0 Å². The van der Waals surface area contributed by atoms with Crippen LogP contribution in [0.4, 0.5) is 0 Å². The van der Waals surface area contributed by atoms with Crippen LogP contribution in [0.1, 0.15) is 0 Å². The standard InChI is InChI=1S/C42H27N3O/c1-3-12-29(13-4-1)35-27-36(44-41(43-35)31-14-5-2-6-15-31)33-17-11-16-32(26-33)28-22-24-30(25-23-28)40-34-18-7-8-19-37(34)45-38-20-9-10-21-39(38)46-42(40)45/h1-27H. The Labute approximate surface area is 265 Å². The van der Waals surface area contributed by atoms with Gasteiger partial charge in [-0.25, -0.2) is 9.97 Å². The van der Waals surface area contributed by atoms with E-state index >= 15 is 0 Å². The van der Waals surface area contributed by atoms with Crippen molar-refractivity contribution in [3.63, 3.8) is 0 Å². The van der Waals surface area contributed by atoms with Crippen LogP contribution in [0.15, 0.2) is 168 Å². The monoisotopic (exact) mass is 589 g/mol. The number of aromatic nitrogens is 3. The van der Waals surface area contributed by atoms with E-state index in [9.17, 15) is 0 Å². The Hall–Kier alpha value is -6.26. The molecule has 46 heavy (non-hydrogen) atoms. The molecule has 0 aliphatic heterocycles. The van der Waals surface area contributed by atoms with Crippen LogP contribution in [0.5, 0.6) is 0 Å². The minimum absolute atomic E-state index is 0.711. The number of para-hydroxylation sites is 3. The van der Waals surface area contributed by atoms with Gasteiger partial charge in [-0.3, -0.25) is 4.40 Å². The molecule has 0 radical (unpaired) electrons. The molecule has 3 heterocycles. The molecule has 0 saturated carbocycles. The van der Waals surface area contributed by atoms with Crippen LogP contribution in [0.3, 0.4) is 0 Å². The van der Waals surface area contributed by atoms with Crippen LogP contribution < -0.4 is 0 Å². The van der Waals surface area contributed by atoms with Gasteiger partial charge in [-0.2, -0.15) is 0 Å². The fraction of sp³-hybridized carbons (Fsp3) is 0. The summed E-state index contributed by atoms with van der Waals surface area (Å²) in [5.74, 6) is 0.711. The van der Waals surface area contributed by atoms with Crippen LogP contribution in [-0.2, 0) is 0 Å². The van der Waals surface area contributed by atoms with Crippen LogP contribution in [0, 0.1) is 0 Å². The zero-order valence-corrected chi connectivity index (χ0v) is 24.8. The maximum Gasteiger partial charge on any atom is 0.213 e. The summed E-state index contributed by atoms with van der Waals surface area (Å²) in [5, 5.41) is 1.17. The summed E-state index contributed by atoms with van der Waals surface area (Å²) < 4.78 is 8.67. The number of nitrogens with zero attached hydrogens (tertiary/aromatic N) is 3. The number of hydrogen-bond acceptors (Lipinski definition) is 3. The van der Waals surface area contributed by atoms with Crippen molar-refractivity contribution >= 4 is 27.7 Å². The van der Waals surface area contributed by atoms with Crippen molar-refractivity contribution in [2.24, 2.45) is 0 Å². The van der Waals surface area contributed by atoms with Gasteiger partial charge in [0.15, 0.2) is 11.4 Å². The number of benzene rings is 6. The van der Waals surface area contributed by atoms with Crippen LogP contribution in [-0.4, -0.2) is 14.4 Å². The number of hydrogen-bond donors (Lipinski definition) is 0. The van der Waals surface area contributed by atoms with Crippen molar-refractivity contribution in [3.8, 4) is 56.2 Å². The third-order valence-corrected chi connectivity index (χ3v) is 8.64. The molecule has 0 spiro atoms. The Bertz CT molecular complexity index is 2450. The highest BCUT2D eigenvalue weighted by Gasteiger charge is 2.19. The molecule has 0 unspecified atom stereocenters. The maximum absolute atomic E-state index is 6.44. The highest BCUT2D eigenvalue weighted by atomic mass is 16.3. The highest BCUT2D eigenvalue weighted by molar-refractivity contribution is 6.07. The Kier molecular flexibility index (Phi) is 6.10. The lowest BCUT2D eigenvalue weighted by atomic mass is 9.97. The molecular formula is C42H27N3O. The average Bonchev–Trinajstić information content (AvgIpc) is 3.67. The van der Waals surface area contributed by atoms with Crippen molar-refractivity contribution in [3.05, 3.63) is 164 Å². The minimum Gasteiger partial charge on any atom is -0.438 e. The molecule has 9 aromatic rings. The third-order valence-electron chi connectivity index (χ3n) is 8.64. The lowest BCUT2D eigenvalue weighted by molar-refractivity contribution is 0.658. The van der Waals surface area contributed by atoms with Gasteiger partial charge in [-0.1, -0.05) is 133 Å². The van der Waals surface area contributed by atoms with E-state index in [1.54, 1.807) is 0 Å². The lowest BCUT2D eigenvalue weighted by Gasteiger charge is -2.11. The largest absolute Gasteiger partial charge is 0.438 e. The van der Waals surface area contributed by atoms with Crippen molar-refractivity contribution in [2.75, 3.05) is 0 Å². The first kappa shape index (κ1) is 26.2. The van der Waals surface area contributed by atoms with E-state index in [1.165, 1.54) is 5.39 Å². The van der Waals surface area contributed by atoms with E-state index in [2.05, 4.69) is 120 Å². The molecule has 0 fully saturated rings. The summed E-state index contributed by atoms with van der Waals surface area (Å²) in [6.07, 6.45) is 0. The molecular weight excluding hydrogens is 562 g/mol. The molecule has 0 atom stereocenters. The second-order valence-electron chi connectivity index (χ2n) is 11.5. The molecule has 0 amide bonds. The van der Waals surface area contributed by atoms with Gasteiger partial charge in [0.05, 0.1) is 28.0 Å². The number of rotatable bonds is 5. The van der Waals surface area contributed by atoms with Gasteiger partial charge in [0.25, 0.3) is 0 Å². The zero-order valence-electron chi connectivity index (χ0n) is 24.8. The Balaban J connectivity index is 1.13. The Morgan fingerprint density at radius 2 is 1.00 bits per heavy atom. The first-order chi connectivity index (χ1) is 22.8. The summed E-state index contributed by atoms with van der Waals surface area (Å²) in [4.78, 5) is 9.98. The van der Waals surface area contributed by atoms with E-state index < -0.39 is 0 Å². The minimum atomic E-state index is 0.711. The molecule has 0 saturated heterocycles. The summed E-state index contributed by atoms with van der Waals surface area (Å²) in [5.41, 5.74) is 13.3. The van der Waals surface area contributed by atoms with Crippen LogP contribution in [0.2, 0.25) is 0 Å². The molecule has 3 aromatic heterocycles. The molecule has 4 heteroatoms. The predicted molar refractivity (Wildman–Crippen MR) is 187 cm³/mol. The predicted octanol–water partition coefficient (Wildman–Crippen LogP) is 11.0. The van der Waals surface area contributed by atoms with Gasteiger partial charge in [0.2, 0.25) is 5.71 Å². The Morgan fingerprint density at radius 3 is 1.78 bits per heavy atom. The van der Waals surface area contributed by atoms with E-state index in [0.717, 1.165) is 72.7 Å². The fourth-order valence-corrected chi connectivity index (χ4v) is 6.42. The SMILES string of the molecule is c1ccc(-c2cc(-c3cccc(-c4ccc(-c5c6ccccc6n6c5oc5ccccc56)cc4)c3)nc(-c3ccccc3)n2)cc1. The van der Waals surface area contributed by atoms with Crippen molar-refractivity contribution in [1.29, 1.82) is 0 Å². The van der Waals surface area contributed by atoms with Crippen molar-refractivity contribution < 1.29 is 4.42 Å². The van der Waals surface area contributed by atoms with Crippen LogP contribution in [0.25, 0.3) is 83.9 Å². The topological polar surface area (TPSA) is 43.3 Å². The normalized spacial score (nSPS) is 11.5. The second kappa shape index (κ2) is 10.7. The van der Waals surface area contributed by atoms with Gasteiger partial charge in [-0.15, -0.1) is 0 Å². The van der Waals surface area contributed by atoms with Crippen molar-refractivity contribution in [1.82, 2.24) is 14.4 Å². The van der Waals surface area contributed by atoms with Gasteiger partial charge < -0.3 is 4.42 Å². The van der Waals surface area contributed by atoms with Gasteiger partial charge >= 0.3 is 0 Å². The molecule has 6 aromatic carbocycles. The molecule has 9 rings (SSSR count). The summed E-state index contributed by atoms with van der Waals surface area (Å²) >= 11 is 0. The van der Waals surface area contributed by atoms with E-state index in [0.29, 0.717) is 5.82 Å². The number of fused-ring (bicyclic) bond motifs is 5. The van der Waals surface area contributed by atoms with E-state index in [4.69, 9.17) is 14.4 Å². The average molecular weight is 590 g/mol. The molecule has 0 N–H and O–H groups in total. The number of oxazole rings is 1. The zero-order chi connectivity index (χ0) is 30.5. The fourth-order valence-electron chi connectivity index (χ4n) is 6.42. The summed E-state index contributed by atoms with van der Waals surface area (Å²) in [6, 6.07) is 56.6. The first-order valence-electron chi connectivity index (χ1n) is 15.4. The van der Waals surface area contributed by atoms with Gasteiger partial charge in [0, 0.05) is 22.1 Å². The van der Waals surface area contributed by atoms with Crippen LogP contribution >= 0.6 is 0 Å². The smallest absolute Gasteiger partial charge is 0.213 e. The molecule has 216 valence electrons. The van der Waals surface area contributed by atoms with Crippen molar-refractivity contribution in [2.45, 2.75) is 0 Å². The Morgan fingerprint density at radius 1 is 0.413 bits per heavy atom. The first-order valence-corrected chi connectivity index (χ1v) is 15.4. The molecule has 0 aliphatic rings. The molecule has 0 aliphatic carbocycles. The maximum atomic E-state index is 6.44. The molecule has 4 nitrogen and oxygen atoms in total. The highest BCUT2D eigenvalue weighted by Crippen LogP contribution is 2.40. The van der Waals surface area contributed by atoms with E-state index in [1.807, 2.05) is 48.5 Å². The lowest BCUT2D eigenvalue weighted by Crippen LogP contribution is -1.96. The van der Waals surface area contributed by atoms with E-state index in [-0.39, 0.29) is 0 Å². The third kappa shape index (κ3) is 4.39. The quantitative estimate of drug-likeness (QED) is 0.201.